The number of benzene rings is 2. The van der Waals surface area contributed by atoms with Crippen molar-refractivity contribution < 1.29 is 27.9 Å². The van der Waals surface area contributed by atoms with Crippen LogP contribution in [0.3, 0.4) is 0 Å². The van der Waals surface area contributed by atoms with E-state index in [-0.39, 0.29) is 48.0 Å². The summed E-state index contributed by atoms with van der Waals surface area (Å²) in [6.07, 6.45) is 8.19. The van der Waals surface area contributed by atoms with Gasteiger partial charge in [0.1, 0.15) is 6.04 Å². The van der Waals surface area contributed by atoms with Crippen molar-refractivity contribution in [3.05, 3.63) is 42.5 Å². The predicted molar refractivity (Wildman–Crippen MR) is 189 cm³/mol. The second kappa shape index (κ2) is 20.1. The van der Waals surface area contributed by atoms with Gasteiger partial charge in [0.25, 0.3) is 0 Å². The summed E-state index contributed by atoms with van der Waals surface area (Å²) >= 11 is 0. The first-order valence-corrected chi connectivity index (χ1v) is 17.8. The molecule has 2 aliphatic rings. The molecule has 2 saturated heterocycles. The van der Waals surface area contributed by atoms with Crippen LogP contribution in [0.1, 0.15) is 64.7 Å². The van der Waals surface area contributed by atoms with E-state index in [0.717, 1.165) is 82.9 Å². The normalized spacial score (nSPS) is 17.2. The number of hydrogen-bond donors (Lipinski definition) is 6. The number of amides is 2. The standard InChI is InChI=1S/C33H49N5O6S.2ClH/c1-23(37-32(40)27(8-6-24-12-16-34-17-13-24)9-7-25-14-18-35-19-15-25)20-31(39)36-22-30(33(41)42)38-45(43,44)29-11-10-26-4-2-3-5-28(26)21-29;;/h2-5,10-11,21,23-25,27,30,34-35,38H,6-9,12-20,22H2,1H3,(H,36,39)(H,37,40)(H,41,42);2*1H. The summed E-state index contributed by atoms with van der Waals surface area (Å²) in [5.74, 6) is -0.772. The Kier molecular flexibility index (Phi) is 17.4. The topological polar surface area (TPSA) is 166 Å². The van der Waals surface area contributed by atoms with Crippen molar-refractivity contribution in [1.82, 2.24) is 26.0 Å². The van der Waals surface area contributed by atoms with Gasteiger partial charge in [-0.3, -0.25) is 14.4 Å². The van der Waals surface area contributed by atoms with E-state index in [2.05, 4.69) is 26.0 Å². The molecule has 0 spiro atoms. The lowest BCUT2D eigenvalue weighted by Crippen LogP contribution is -2.49. The third kappa shape index (κ3) is 13.2. The maximum absolute atomic E-state index is 13.4. The first-order valence-electron chi connectivity index (χ1n) is 16.3. The molecule has 2 atom stereocenters. The second-order valence-corrected chi connectivity index (χ2v) is 14.4. The largest absolute Gasteiger partial charge is 0.480 e. The highest BCUT2D eigenvalue weighted by Crippen LogP contribution is 2.27. The summed E-state index contributed by atoms with van der Waals surface area (Å²) < 4.78 is 28.1. The Morgan fingerprint density at radius 2 is 1.43 bits per heavy atom. The van der Waals surface area contributed by atoms with Crippen molar-refractivity contribution in [3.8, 4) is 0 Å². The Morgan fingerprint density at radius 3 is 1.98 bits per heavy atom. The minimum Gasteiger partial charge on any atom is -0.480 e. The number of rotatable bonds is 16. The maximum Gasteiger partial charge on any atom is 0.323 e. The zero-order valence-corrected chi connectivity index (χ0v) is 29.5. The van der Waals surface area contributed by atoms with Gasteiger partial charge in [-0.05, 0) is 119 Å². The second-order valence-electron chi connectivity index (χ2n) is 12.7. The van der Waals surface area contributed by atoms with Gasteiger partial charge >= 0.3 is 5.97 Å². The average molecular weight is 717 g/mol. The molecule has 2 amide bonds. The third-order valence-electron chi connectivity index (χ3n) is 9.15. The molecular weight excluding hydrogens is 665 g/mol. The molecule has 11 nitrogen and oxygen atoms in total. The lowest BCUT2D eigenvalue weighted by molar-refractivity contribution is -0.139. The van der Waals surface area contributed by atoms with Gasteiger partial charge in [0.2, 0.25) is 21.8 Å². The molecule has 2 aromatic rings. The van der Waals surface area contributed by atoms with Crippen LogP contribution in [0.15, 0.2) is 47.4 Å². The van der Waals surface area contributed by atoms with Crippen LogP contribution in [-0.2, 0) is 24.4 Å². The molecule has 14 heteroatoms. The number of piperidine rings is 2. The SMILES string of the molecule is CC(CC(=O)NCC(NS(=O)(=O)c1ccc2ccccc2c1)C(=O)O)NC(=O)C(CCC1CCNCC1)CCC1CCNCC1.Cl.Cl. The minimum atomic E-state index is -4.17. The van der Waals surface area contributed by atoms with Gasteiger partial charge in [-0.2, -0.15) is 4.72 Å². The molecule has 2 aromatic carbocycles. The highest BCUT2D eigenvalue weighted by molar-refractivity contribution is 7.89. The van der Waals surface area contributed by atoms with Crippen molar-refractivity contribution in [1.29, 1.82) is 0 Å². The smallest absolute Gasteiger partial charge is 0.323 e. The van der Waals surface area contributed by atoms with Gasteiger partial charge in [0.05, 0.1) is 4.90 Å². The number of carboxylic acids is 1. The Balaban J connectivity index is 0.00000384. The Hall–Kier alpha value is -2.48. The minimum absolute atomic E-state index is 0. The number of halogens is 2. The van der Waals surface area contributed by atoms with E-state index in [0.29, 0.717) is 17.2 Å². The van der Waals surface area contributed by atoms with E-state index >= 15 is 0 Å². The number of carbonyl (C=O) groups is 3. The van der Waals surface area contributed by atoms with Gasteiger partial charge in [-0.25, -0.2) is 8.42 Å². The molecule has 2 heterocycles. The quantitative estimate of drug-likeness (QED) is 0.153. The van der Waals surface area contributed by atoms with Crippen LogP contribution in [0.4, 0.5) is 0 Å². The molecule has 0 radical (unpaired) electrons. The van der Waals surface area contributed by atoms with Crippen molar-refractivity contribution in [2.24, 2.45) is 17.8 Å². The van der Waals surface area contributed by atoms with E-state index in [1.54, 1.807) is 25.1 Å². The number of sulfonamides is 1. The van der Waals surface area contributed by atoms with E-state index in [1.165, 1.54) is 12.1 Å². The van der Waals surface area contributed by atoms with Crippen molar-refractivity contribution >= 4 is 63.4 Å². The van der Waals surface area contributed by atoms with Gasteiger partial charge in [0, 0.05) is 24.9 Å². The summed E-state index contributed by atoms with van der Waals surface area (Å²) in [6.45, 7) is 5.42. The molecule has 0 bridgehead atoms. The highest BCUT2D eigenvalue weighted by Gasteiger charge is 2.28. The lowest BCUT2D eigenvalue weighted by atomic mass is 9.84. The van der Waals surface area contributed by atoms with E-state index in [9.17, 15) is 27.9 Å². The number of hydrogen-bond acceptors (Lipinski definition) is 7. The van der Waals surface area contributed by atoms with Gasteiger partial charge in [-0.1, -0.05) is 30.3 Å². The summed E-state index contributed by atoms with van der Waals surface area (Å²) in [7, 11) is -4.17. The fourth-order valence-electron chi connectivity index (χ4n) is 6.37. The summed E-state index contributed by atoms with van der Waals surface area (Å²) in [6, 6.07) is 9.77. The average Bonchev–Trinajstić information content (AvgIpc) is 3.03. The number of nitrogens with one attached hydrogen (secondary N) is 5. The first kappa shape index (κ1) is 40.7. The third-order valence-corrected chi connectivity index (χ3v) is 10.6. The summed E-state index contributed by atoms with van der Waals surface area (Å²) in [4.78, 5) is 37.9. The van der Waals surface area contributed by atoms with E-state index < -0.39 is 40.5 Å². The zero-order chi connectivity index (χ0) is 32.2. The van der Waals surface area contributed by atoms with Crippen LogP contribution in [0, 0.1) is 17.8 Å². The number of carbonyl (C=O) groups excluding carboxylic acids is 2. The van der Waals surface area contributed by atoms with Gasteiger partial charge < -0.3 is 26.4 Å². The molecule has 0 saturated carbocycles. The number of carboxylic acid groups (broad SMARTS) is 1. The van der Waals surface area contributed by atoms with Crippen molar-refractivity contribution in [2.45, 2.75) is 81.7 Å². The summed E-state index contributed by atoms with van der Waals surface area (Å²) in [5.41, 5.74) is 0. The molecule has 0 aliphatic carbocycles. The Morgan fingerprint density at radius 1 is 0.872 bits per heavy atom. The highest BCUT2D eigenvalue weighted by atomic mass is 35.5. The maximum atomic E-state index is 13.4. The molecular formula is C33H51Cl2N5O6S. The van der Waals surface area contributed by atoms with E-state index in [4.69, 9.17) is 0 Å². The molecule has 4 rings (SSSR count). The predicted octanol–water partition coefficient (Wildman–Crippen LogP) is 3.60. The number of aliphatic carboxylic acids is 1. The molecule has 47 heavy (non-hydrogen) atoms. The number of fused-ring (bicyclic) bond motifs is 1. The monoisotopic (exact) mass is 715 g/mol. The van der Waals surface area contributed by atoms with Gasteiger partial charge in [0.15, 0.2) is 0 Å². The van der Waals surface area contributed by atoms with Crippen LogP contribution < -0.4 is 26.0 Å². The lowest BCUT2D eigenvalue weighted by Gasteiger charge is -2.27. The van der Waals surface area contributed by atoms with Crippen LogP contribution in [0.25, 0.3) is 10.8 Å². The molecule has 2 unspecified atom stereocenters. The van der Waals surface area contributed by atoms with Crippen molar-refractivity contribution in [3.63, 3.8) is 0 Å². The van der Waals surface area contributed by atoms with Crippen LogP contribution in [-0.4, -0.2) is 76.1 Å². The van der Waals surface area contributed by atoms with Crippen LogP contribution in [0.2, 0.25) is 0 Å². The molecule has 264 valence electrons. The Labute approximate surface area is 291 Å². The zero-order valence-electron chi connectivity index (χ0n) is 27.0. The summed E-state index contributed by atoms with van der Waals surface area (Å²) in [5, 5.41) is 23.6. The Bertz CT molecular complexity index is 1380. The first-order chi connectivity index (χ1) is 21.6. The molecule has 6 N–H and O–H groups in total. The molecule has 0 aromatic heterocycles. The van der Waals surface area contributed by atoms with Crippen LogP contribution in [0.5, 0.6) is 0 Å². The molecule has 2 aliphatic heterocycles. The van der Waals surface area contributed by atoms with Gasteiger partial charge in [-0.15, -0.1) is 24.8 Å². The van der Waals surface area contributed by atoms with E-state index in [1.807, 2.05) is 12.1 Å². The molecule has 2 fully saturated rings. The van der Waals surface area contributed by atoms with Crippen LogP contribution >= 0.6 is 24.8 Å². The van der Waals surface area contributed by atoms with Crippen molar-refractivity contribution in [2.75, 3.05) is 32.7 Å². The fourth-order valence-corrected chi connectivity index (χ4v) is 7.59. The fraction of sp³-hybridized carbons (Fsp3) is 0.606.